The van der Waals surface area contributed by atoms with E-state index in [1.165, 1.54) is 0 Å². The van der Waals surface area contributed by atoms with Crippen LogP contribution in [0.3, 0.4) is 0 Å². The van der Waals surface area contributed by atoms with Crippen LogP contribution in [0.2, 0.25) is 0 Å². The van der Waals surface area contributed by atoms with Crippen molar-refractivity contribution >= 4 is 58.0 Å². The number of nitrogens with two attached hydrogens (primary N) is 2. The molecule has 0 spiro atoms. The van der Waals surface area contributed by atoms with Crippen molar-refractivity contribution in [2.75, 3.05) is 29.2 Å². The molecular weight excluding hydrogens is 528 g/mol. The van der Waals surface area contributed by atoms with E-state index in [0.29, 0.717) is 28.4 Å². The summed E-state index contributed by atoms with van der Waals surface area (Å²) in [7, 11) is 1.59. The van der Waals surface area contributed by atoms with Crippen molar-refractivity contribution < 1.29 is 19.1 Å². The number of nitrogens with zero attached hydrogens (tertiary/aromatic N) is 2. The molecule has 0 saturated carbocycles. The lowest BCUT2D eigenvalue weighted by atomic mass is 9.91. The maximum atomic E-state index is 14.3. The van der Waals surface area contributed by atoms with Crippen molar-refractivity contribution in [3.8, 4) is 5.75 Å². The summed E-state index contributed by atoms with van der Waals surface area (Å²) in [4.78, 5) is 43.7. The van der Waals surface area contributed by atoms with Gasteiger partial charge in [-0.15, -0.1) is 12.4 Å². The number of primary amides is 1. The first kappa shape index (κ1) is 28.4. The number of hydrogen-bond donors (Lipinski definition) is 2. The molecule has 8 nitrogen and oxygen atoms in total. The molecule has 206 valence electrons. The van der Waals surface area contributed by atoms with Crippen LogP contribution in [0.25, 0.3) is 10.8 Å². The minimum Gasteiger partial charge on any atom is -0.496 e. The molecule has 1 aliphatic rings. The zero-order chi connectivity index (χ0) is 27.7. The quantitative estimate of drug-likeness (QED) is 0.330. The van der Waals surface area contributed by atoms with Crippen LogP contribution in [0, 0.1) is 11.8 Å². The van der Waals surface area contributed by atoms with Gasteiger partial charge in [0.2, 0.25) is 11.8 Å². The molecule has 0 aromatic heterocycles. The normalized spacial score (nSPS) is 15.6. The third kappa shape index (κ3) is 5.18. The van der Waals surface area contributed by atoms with E-state index >= 15 is 0 Å². The zero-order valence-electron chi connectivity index (χ0n) is 22.2. The third-order valence-electron chi connectivity index (χ3n) is 7.41. The van der Waals surface area contributed by atoms with Gasteiger partial charge in [0.1, 0.15) is 5.75 Å². The van der Waals surface area contributed by atoms with Crippen LogP contribution in [0.15, 0.2) is 84.9 Å². The van der Waals surface area contributed by atoms with Crippen molar-refractivity contribution in [2.24, 2.45) is 17.6 Å². The van der Waals surface area contributed by atoms with E-state index in [9.17, 15) is 14.4 Å². The Bertz CT molecular complexity index is 1570. The summed E-state index contributed by atoms with van der Waals surface area (Å²) in [5, 5.41) is 1.95. The highest BCUT2D eigenvalue weighted by atomic mass is 35.5. The van der Waals surface area contributed by atoms with E-state index in [4.69, 9.17) is 16.2 Å². The van der Waals surface area contributed by atoms with E-state index in [1.807, 2.05) is 60.7 Å². The summed E-state index contributed by atoms with van der Waals surface area (Å²) in [5.74, 6) is -2.25. The number of rotatable bonds is 6. The number of hydrogen-bond acceptors (Lipinski definition) is 5. The standard InChI is InChI=1S/C31H30N4O4.ClH/c1-19(29(33)36)24-17-34(30(37)21-11-14-22(32)15-12-21)26-9-5-6-10-27(26)35(31(24)38)18-25-23-8-4-3-7-20(23)13-16-28(25)39-2;/h3-16,19,24H,17-18,32H2,1-2H3,(H2,33,36);1H/t19?,24-;/m1./s1. The lowest BCUT2D eigenvalue weighted by molar-refractivity contribution is -0.130. The lowest BCUT2D eigenvalue weighted by Crippen LogP contribution is -2.45. The van der Waals surface area contributed by atoms with Crippen LogP contribution in [-0.2, 0) is 16.1 Å². The minimum absolute atomic E-state index is 0. The molecule has 1 unspecified atom stereocenters. The lowest BCUT2D eigenvalue weighted by Gasteiger charge is -2.28. The molecule has 4 N–H and O–H groups in total. The fourth-order valence-electron chi connectivity index (χ4n) is 5.15. The molecular formula is C31H31ClN4O4. The zero-order valence-corrected chi connectivity index (χ0v) is 23.1. The molecule has 5 rings (SSSR count). The number of nitrogen functional groups attached to an aromatic ring is 1. The molecule has 0 aliphatic carbocycles. The van der Waals surface area contributed by atoms with Gasteiger partial charge in [-0.3, -0.25) is 14.4 Å². The fraction of sp³-hybridized carbons (Fsp3) is 0.194. The summed E-state index contributed by atoms with van der Waals surface area (Å²) in [6.45, 7) is 1.79. The molecule has 2 atom stereocenters. The summed E-state index contributed by atoms with van der Waals surface area (Å²) in [6, 6.07) is 25.6. The second-order valence-electron chi connectivity index (χ2n) is 9.72. The molecule has 3 amide bonds. The predicted molar refractivity (Wildman–Crippen MR) is 160 cm³/mol. The van der Waals surface area contributed by atoms with E-state index in [0.717, 1.165) is 16.3 Å². The van der Waals surface area contributed by atoms with Gasteiger partial charge in [0.05, 0.1) is 30.9 Å². The smallest absolute Gasteiger partial charge is 0.258 e. The largest absolute Gasteiger partial charge is 0.496 e. The molecule has 4 aromatic carbocycles. The number of carbonyl (C=O) groups excluding carboxylic acids is 3. The van der Waals surface area contributed by atoms with Gasteiger partial charge in [0.25, 0.3) is 5.91 Å². The number of methoxy groups -OCH3 is 1. The molecule has 0 bridgehead atoms. The van der Waals surface area contributed by atoms with Crippen molar-refractivity contribution in [3.05, 3.63) is 96.1 Å². The number of benzene rings is 4. The maximum absolute atomic E-state index is 14.3. The van der Waals surface area contributed by atoms with Crippen LogP contribution in [0.4, 0.5) is 17.1 Å². The van der Waals surface area contributed by atoms with Crippen LogP contribution < -0.4 is 26.0 Å². The van der Waals surface area contributed by atoms with Gasteiger partial charge in [-0.05, 0) is 53.2 Å². The minimum atomic E-state index is -0.867. The third-order valence-corrected chi connectivity index (χ3v) is 7.41. The number of para-hydroxylation sites is 2. The average molecular weight is 559 g/mol. The van der Waals surface area contributed by atoms with Crippen molar-refractivity contribution in [2.45, 2.75) is 13.5 Å². The number of amides is 3. The molecule has 0 radical (unpaired) electrons. The predicted octanol–water partition coefficient (Wildman–Crippen LogP) is 4.78. The van der Waals surface area contributed by atoms with E-state index in [-0.39, 0.29) is 37.3 Å². The summed E-state index contributed by atoms with van der Waals surface area (Å²) >= 11 is 0. The first-order valence-corrected chi connectivity index (χ1v) is 12.7. The number of ether oxygens (including phenoxy) is 1. The first-order valence-electron chi connectivity index (χ1n) is 12.7. The highest BCUT2D eigenvalue weighted by Crippen LogP contribution is 2.39. The Hall–Kier alpha value is -4.56. The Morgan fingerprint density at radius 2 is 1.60 bits per heavy atom. The monoisotopic (exact) mass is 558 g/mol. The van der Waals surface area contributed by atoms with Crippen molar-refractivity contribution in [3.63, 3.8) is 0 Å². The number of anilines is 3. The van der Waals surface area contributed by atoms with E-state index < -0.39 is 17.7 Å². The summed E-state index contributed by atoms with van der Waals surface area (Å²) < 4.78 is 5.70. The van der Waals surface area contributed by atoms with Crippen molar-refractivity contribution in [1.29, 1.82) is 0 Å². The molecule has 9 heteroatoms. The summed E-state index contributed by atoms with van der Waals surface area (Å²) in [6.07, 6.45) is 0. The van der Waals surface area contributed by atoms with Crippen LogP contribution in [0.5, 0.6) is 5.75 Å². The maximum Gasteiger partial charge on any atom is 0.258 e. The Labute approximate surface area is 238 Å². The van der Waals surface area contributed by atoms with E-state index in [2.05, 4.69) is 0 Å². The Morgan fingerprint density at radius 1 is 0.950 bits per heavy atom. The molecule has 0 saturated heterocycles. The molecule has 1 aliphatic heterocycles. The highest BCUT2D eigenvalue weighted by Gasteiger charge is 2.40. The van der Waals surface area contributed by atoms with Gasteiger partial charge < -0.3 is 26.0 Å². The van der Waals surface area contributed by atoms with Gasteiger partial charge in [-0.25, -0.2) is 0 Å². The highest BCUT2D eigenvalue weighted by molar-refractivity contribution is 6.12. The molecule has 40 heavy (non-hydrogen) atoms. The molecule has 1 heterocycles. The Kier molecular flexibility index (Phi) is 8.30. The van der Waals surface area contributed by atoms with Crippen LogP contribution in [-0.4, -0.2) is 31.4 Å². The van der Waals surface area contributed by atoms with Gasteiger partial charge >= 0.3 is 0 Å². The summed E-state index contributed by atoms with van der Waals surface area (Å²) in [5.41, 5.74) is 14.4. The molecule has 4 aromatic rings. The SMILES string of the molecule is COc1ccc2ccccc2c1CN1C(=O)[C@@H](C(C)C(N)=O)CN(C(=O)c2ccc(N)cc2)c2ccccc21.Cl. The van der Waals surface area contributed by atoms with Gasteiger partial charge in [-0.2, -0.15) is 0 Å². The second kappa shape index (κ2) is 11.7. The van der Waals surface area contributed by atoms with Crippen molar-refractivity contribution in [1.82, 2.24) is 0 Å². The van der Waals surface area contributed by atoms with Gasteiger partial charge in [0.15, 0.2) is 0 Å². The first-order chi connectivity index (χ1) is 18.8. The average Bonchev–Trinajstić information content (AvgIpc) is 3.07. The van der Waals surface area contributed by atoms with Crippen LogP contribution in [0.1, 0.15) is 22.8 Å². The van der Waals surface area contributed by atoms with Gasteiger partial charge in [0, 0.05) is 29.3 Å². The Morgan fingerprint density at radius 3 is 2.27 bits per heavy atom. The van der Waals surface area contributed by atoms with E-state index in [1.54, 1.807) is 48.1 Å². The number of halogens is 1. The topological polar surface area (TPSA) is 119 Å². The number of fused-ring (bicyclic) bond motifs is 2. The van der Waals surface area contributed by atoms with Gasteiger partial charge in [-0.1, -0.05) is 49.4 Å². The molecule has 0 fully saturated rings. The Balaban J connectivity index is 0.00000370. The van der Waals surface area contributed by atoms with Crippen LogP contribution >= 0.6 is 12.4 Å². The fourth-order valence-corrected chi connectivity index (χ4v) is 5.15. The second-order valence-corrected chi connectivity index (χ2v) is 9.72. The number of carbonyl (C=O) groups is 3.